The molecule has 1 N–H and O–H groups in total. The van der Waals surface area contributed by atoms with Gasteiger partial charge in [0.1, 0.15) is 11.6 Å². The Kier molecular flexibility index (Phi) is 3.88. The van der Waals surface area contributed by atoms with E-state index in [4.69, 9.17) is 9.47 Å². The summed E-state index contributed by atoms with van der Waals surface area (Å²) in [4.78, 5) is 0. The van der Waals surface area contributed by atoms with Crippen LogP contribution in [-0.2, 0) is 4.74 Å². The number of hydrogen-bond donors (Lipinski definition) is 1. The number of rotatable bonds is 5. The molecule has 1 heterocycles. The van der Waals surface area contributed by atoms with Crippen molar-refractivity contribution in [2.24, 2.45) is 5.41 Å². The summed E-state index contributed by atoms with van der Waals surface area (Å²) in [6.45, 7) is 6.45. The Balaban J connectivity index is 2.06. The van der Waals surface area contributed by atoms with E-state index in [2.05, 4.69) is 12.2 Å². The summed E-state index contributed by atoms with van der Waals surface area (Å²) in [7, 11) is 1.56. The largest absolute Gasteiger partial charge is 0.496 e. The number of hydrogen-bond acceptors (Lipinski definition) is 3. The average Bonchev–Trinajstić information content (AvgIpc) is 2.33. The molecule has 100 valence electrons. The molecule has 18 heavy (non-hydrogen) atoms. The van der Waals surface area contributed by atoms with Crippen molar-refractivity contribution >= 4 is 0 Å². The van der Waals surface area contributed by atoms with Crippen LogP contribution in [0.2, 0.25) is 0 Å². The molecule has 0 amide bonds. The minimum Gasteiger partial charge on any atom is -0.496 e. The number of nitrogens with one attached hydrogen (secondary N) is 1. The van der Waals surface area contributed by atoms with E-state index in [0.29, 0.717) is 11.3 Å². The summed E-state index contributed by atoms with van der Waals surface area (Å²) in [6, 6.07) is 4.82. The quantitative estimate of drug-likeness (QED) is 0.874. The van der Waals surface area contributed by atoms with Gasteiger partial charge in [-0.05, 0) is 19.1 Å². The van der Waals surface area contributed by atoms with Gasteiger partial charge in [-0.2, -0.15) is 0 Å². The molecule has 0 aliphatic carbocycles. The predicted octanol–water partition coefficient (Wildman–Crippen LogP) is 2.52. The molecule has 1 aromatic carbocycles. The average molecular weight is 253 g/mol. The first-order valence-corrected chi connectivity index (χ1v) is 6.19. The summed E-state index contributed by atoms with van der Waals surface area (Å²) in [6.07, 6.45) is 0. The van der Waals surface area contributed by atoms with Crippen LogP contribution in [0.1, 0.15) is 25.5 Å². The van der Waals surface area contributed by atoms with E-state index in [1.54, 1.807) is 19.2 Å². The van der Waals surface area contributed by atoms with E-state index in [9.17, 15) is 4.39 Å². The van der Waals surface area contributed by atoms with E-state index < -0.39 is 0 Å². The second-order valence-electron chi connectivity index (χ2n) is 5.26. The summed E-state index contributed by atoms with van der Waals surface area (Å²) in [5.41, 5.74) is 0.760. The third-order valence-corrected chi connectivity index (χ3v) is 3.40. The third kappa shape index (κ3) is 2.65. The lowest BCUT2D eigenvalue weighted by Crippen LogP contribution is -2.47. The fraction of sp³-hybridized carbons (Fsp3) is 0.571. The molecule has 0 saturated carbocycles. The summed E-state index contributed by atoms with van der Waals surface area (Å²) in [5.74, 6) is 0.356. The second kappa shape index (κ2) is 5.24. The molecule has 2 rings (SSSR count). The van der Waals surface area contributed by atoms with E-state index in [0.717, 1.165) is 19.8 Å². The topological polar surface area (TPSA) is 30.5 Å². The normalized spacial score (nSPS) is 19.1. The maximum absolute atomic E-state index is 13.9. The van der Waals surface area contributed by atoms with Crippen LogP contribution in [0.4, 0.5) is 4.39 Å². The van der Waals surface area contributed by atoms with Gasteiger partial charge >= 0.3 is 0 Å². The Bertz CT molecular complexity index is 418. The van der Waals surface area contributed by atoms with Crippen LogP contribution in [0.5, 0.6) is 5.75 Å². The highest BCUT2D eigenvalue weighted by Gasteiger charge is 2.33. The van der Waals surface area contributed by atoms with Crippen molar-refractivity contribution in [2.45, 2.75) is 19.9 Å². The smallest absolute Gasteiger partial charge is 0.131 e. The van der Waals surface area contributed by atoms with Crippen LogP contribution in [0, 0.1) is 11.2 Å². The van der Waals surface area contributed by atoms with Crippen molar-refractivity contribution in [3.63, 3.8) is 0 Å². The van der Waals surface area contributed by atoms with Gasteiger partial charge in [-0.15, -0.1) is 0 Å². The van der Waals surface area contributed by atoms with Crippen molar-refractivity contribution < 1.29 is 13.9 Å². The molecule has 1 aliphatic rings. The lowest BCUT2D eigenvalue weighted by Gasteiger charge is -2.39. The molecule has 1 fully saturated rings. The Labute approximate surface area is 107 Å². The minimum atomic E-state index is -0.232. The van der Waals surface area contributed by atoms with Gasteiger partial charge in [0.2, 0.25) is 0 Å². The molecule has 0 spiro atoms. The number of benzene rings is 1. The van der Waals surface area contributed by atoms with Gasteiger partial charge in [-0.1, -0.05) is 13.0 Å². The Hall–Kier alpha value is -1.13. The zero-order valence-electron chi connectivity index (χ0n) is 11.1. The highest BCUT2D eigenvalue weighted by atomic mass is 19.1. The van der Waals surface area contributed by atoms with Crippen LogP contribution < -0.4 is 10.1 Å². The highest BCUT2D eigenvalue weighted by Crippen LogP contribution is 2.30. The first kappa shape index (κ1) is 13.3. The standard InChI is InChI=1S/C14H20FNO2/c1-10(16-7-14(2)8-18-9-14)13-11(15)5-4-6-12(13)17-3/h4-6,10,16H,7-9H2,1-3H3. The van der Waals surface area contributed by atoms with Gasteiger partial charge in [0.15, 0.2) is 0 Å². The van der Waals surface area contributed by atoms with Gasteiger partial charge in [0.25, 0.3) is 0 Å². The molecular weight excluding hydrogens is 233 g/mol. The van der Waals surface area contributed by atoms with E-state index in [1.807, 2.05) is 6.92 Å². The van der Waals surface area contributed by atoms with E-state index >= 15 is 0 Å². The van der Waals surface area contributed by atoms with Crippen LogP contribution in [-0.4, -0.2) is 26.9 Å². The van der Waals surface area contributed by atoms with Gasteiger partial charge in [0.05, 0.1) is 20.3 Å². The predicted molar refractivity (Wildman–Crippen MR) is 68.3 cm³/mol. The first-order chi connectivity index (χ1) is 8.56. The SMILES string of the molecule is COc1cccc(F)c1C(C)NCC1(C)COC1. The molecule has 1 unspecified atom stereocenters. The molecule has 0 aromatic heterocycles. The first-order valence-electron chi connectivity index (χ1n) is 6.19. The van der Waals surface area contributed by atoms with Gasteiger partial charge in [-0.3, -0.25) is 0 Å². The van der Waals surface area contributed by atoms with Crippen LogP contribution in [0.25, 0.3) is 0 Å². The molecule has 0 bridgehead atoms. The summed E-state index contributed by atoms with van der Waals surface area (Å²) >= 11 is 0. The third-order valence-electron chi connectivity index (χ3n) is 3.40. The Morgan fingerprint density at radius 3 is 2.78 bits per heavy atom. The second-order valence-corrected chi connectivity index (χ2v) is 5.26. The van der Waals surface area contributed by atoms with Crippen molar-refractivity contribution in [2.75, 3.05) is 26.9 Å². The molecule has 0 radical (unpaired) electrons. The fourth-order valence-electron chi connectivity index (χ4n) is 2.17. The molecule has 1 aliphatic heterocycles. The summed E-state index contributed by atoms with van der Waals surface area (Å²) < 4.78 is 24.3. The number of methoxy groups -OCH3 is 1. The Morgan fingerprint density at radius 1 is 1.50 bits per heavy atom. The van der Waals surface area contributed by atoms with E-state index in [1.165, 1.54) is 6.07 Å². The van der Waals surface area contributed by atoms with Crippen LogP contribution in [0.15, 0.2) is 18.2 Å². The Morgan fingerprint density at radius 2 is 2.22 bits per heavy atom. The minimum absolute atomic E-state index is 0.0847. The monoisotopic (exact) mass is 253 g/mol. The number of ether oxygens (including phenoxy) is 2. The van der Waals surface area contributed by atoms with E-state index in [-0.39, 0.29) is 17.3 Å². The molecule has 3 nitrogen and oxygen atoms in total. The van der Waals surface area contributed by atoms with Crippen molar-refractivity contribution in [1.29, 1.82) is 0 Å². The molecule has 4 heteroatoms. The van der Waals surface area contributed by atoms with Gasteiger partial charge < -0.3 is 14.8 Å². The zero-order valence-corrected chi connectivity index (χ0v) is 11.1. The summed E-state index contributed by atoms with van der Waals surface area (Å²) in [5, 5.41) is 3.36. The number of halogens is 1. The zero-order chi connectivity index (χ0) is 13.2. The highest BCUT2D eigenvalue weighted by molar-refractivity contribution is 5.36. The molecule has 1 saturated heterocycles. The maximum atomic E-state index is 13.9. The van der Waals surface area contributed by atoms with Gasteiger partial charge in [0, 0.05) is 23.6 Å². The van der Waals surface area contributed by atoms with Crippen molar-refractivity contribution in [3.8, 4) is 5.75 Å². The lowest BCUT2D eigenvalue weighted by molar-refractivity contribution is -0.0999. The van der Waals surface area contributed by atoms with Gasteiger partial charge in [-0.25, -0.2) is 4.39 Å². The maximum Gasteiger partial charge on any atom is 0.131 e. The van der Waals surface area contributed by atoms with Crippen molar-refractivity contribution in [1.82, 2.24) is 5.32 Å². The van der Waals surface area contributed by atoms with Crippen LogP contribution >= 0.6 is 0 Å². The van der Waals surface area contributed by atoms with Crippen LogP contribution in [0.3, 0.4) is 0 Å². The molecule has 1 atom stereocenters. The van der Waals surface area contributed by atoms with Crippen molar-refractivity contribution in [3.05, 3.63) is 29.6 Å². The fourth-order valence-corrected chi connectivity index (χ4v) is 2.17. The molecular formula is C14H20FNO2. The molecule has 1 aromatic rings. The lowest BCUT2D eigenvalue weighted by atomic mass is 9.88.